The van der Waals surface area contributed by atoms with Crippen molar-refractivity contribution in [3.63, 3.8) is 0 Å². The molecule has 0 aromatic heterocycles. The molecule has 0 unspecified atom stereocenters. The molecule has 1 N–H and O–H groups in total. The summed E-state index contributed by atoms with van der Waals surface area (Å²) in [4.78, 5) is 0. The van der Waals surface area contributed by atoms with E-state index in [9.17, 15) is 8.42 Å². The molecule has 8 heteroatoms. The topological polar surface area (TPSA) is 83.1 Å². The minimum Gasteiger partial charge on any atom is -0.490 e. The van der Waals surface area contributed by atoms with E-state index < -0.39 is 10.0 Å². The summed E-state index contributed by atoms with van der Waals surface area (Å²) < 4.78 is 49.5. The zero-order valence-electron chi connectivity index (χ0n) is 16.6. The van der Waals surface area contributed by atoms with E-state index in [2.05, 4.69) is 4.72 Å². The van der Waals surface area contributed by atoms with E-state index in [0.29, 0.717) is 30.3 Å². The summed E-state index contributed by atoms with van der Waals surface area (Å²) in [5.41, 5.74) is 1.68. The second-order valence-electron chi connectivity index (χ2n) is 7.81. The number of nitrogens with one attached hydrogen (secondary N) is 1. The van der Waals surface area contributed by atoms with Crippen LogP contribution in [0, 0.1) is 0 Å². The summed E-state index contributed by atoms with van der Waals surface area (Å²) in [5, 5.41) is 0. The average molecular weight is 419 g/mol. The maximum absolute atomic E-state index is 12.3. The van der Waals surface area contributed by atoms with Crippen LogP contribution in [0.4, 0.5) is 0 Å². The molecule has 4 rings (SSSR count). The van der Waals surface area contributed by atoms with Crippen LogP contribution in [0.25, 0.3) is 0 Å². The molecule has 0 amide bonds. The smallest absolute Gasteiger partial charge is 0.231 e. The third kappa shape index (κ3) is 4.76. The highest BCUT2D eigenvalue weighted by atomic mass is 32.2. The van der Waals surface area contributed by atoms with E-state index >= 15 is 0 Å². The maximum atomic E-state index is 12.3. The minimum atomic E-state index is -3.41. The highest BCUT2D eigenvalue weighted by Gasteiger charge is 2.32. The molecular weight excluding hydrogens is 394 g/mol. The van der Waals surface area contributed by atoms with E-state index in [0.717, 1.165) is 23.3 Å². The van der Waals surface area contributed by atoms with Crippen LogP contribution >= 0.6 is 0 Å². The van der Waals surface area contributed by atoms with Crippen LogP contribution in [-0.2, 0) is 23.0 Å². The van der Waals surface area contributed by atoms with Gasteiger partial charge < -0.3 is 18.9 Å². The van der Waals surface area contributed by atoms with Crippen molar-refractivity contribution < 1.29 is 27.4 Å². The van der Waals surface area contributed by atoms with Crippen LogP contribution in [0.15, 0.2) is 36.4 Å². The Labute approximate surface area is 171 Å². The maximum Gasteiger partial charge on any atom is 0.231 e. The first-order valence-electron chi connectivity index (χ1n) is 9.61. The van der Waals surface area contributed by atoms with Gasteiger partial charge in [-0.3, -0.25) is 0 Å². The van der Waals surface area contributed by atoms with Gasteiger partial charge in [-0.25, -0.2) is 13.1 Å². The largest absolute Gasteiger partial charge is 0.490 e. The van der Waals surface area contributed by atoms with Crippen molar-refractivity contribution in [3.8, 4) is 23.0 Å². The quantitative estimate of drug-likeness (QED) is 0.663. The van der Waals surface area contributed by atoms with Crippen molar-refractivity contribution in [3.05, 3.63) is 47.5 Å². The Bertz CT molecular complexity index is 1000. The number of hydrogen-bond donors (Lipinski definition) is 1. The van der Waals surface area contributed by atoms with Crippen LogP contribution in [0.1, 0.15) is 31.4 Å². The molecule has 0 fully saturated rings. The minimum absolute atomic E-state index is 0.0150. The molecule has 2 aromatic rings. The molecular formula is C21H25NO6S. The SMILES string of the molecule is CC1(C)Cc2cccc(OCCCS(=O)(=O)NCc3ccc4c(c3)OCO4)c2O1. The fourth-order valence-electron chi connectivity index (χ4n) is 3.45. The molecule has 2 aliphatic heterocycles. The van der Waals surface area contributed by atoms with Gasteiger partial charge in [0.2, 0.25) is 16.8 Å². The number of benzene rings is 2. The first-order valence-corrected chi connectivity index (χ1v) is 11.3. The van der Waals surface area contributed by atoms with Crippen molar-refractivity contribution in [1.29, 1.82) is 0 Å². The van der Waals surface area contributed by atoms with Gasteiger partial charge in [-0.15, -0.1) is 0 Å². The summed E-state index contributed by atoms with van der Waals surface area (Å²) in [7, 11) is -3.41. The molecule has 2 heterocycles. The van der Waals surface area contributed by atoms with Crippen molar-refractivity contribution >= 4 is 10.0 Å². The Morgan fingerprint density at radius 1 is 1.14 bits per heavy atom. The summed E-state index contributed by atoms with van der Waals surface area (Å²) >= 11 is 0. The van der Waals surface area contributed by atoms with Crippen LogP contribution < -0.4 is 23.7 Å². The lowest BCUT2D eigenvalue weighted by Gasteiger charge is -2.18. The summed E-state index contributed by atoms with van der Waals surface area (Å²) in [6, 6.07) is 11.2. The number of sulfonamides is 1. The highest BCUT2D eigenvalue weighted by molar-refractivity contribution is 7.89. The fraction of sp³-hybridized carbons (Fsp3) is 0.429. The number of rotatable bonds is 8. The highest BCUT2D eigenvalue weighted by Crippen LogP contribution is 2.41. The van der Waals surface area contributed by atoms with E-state index in [-0.39, 0.29) is 24.7 Å². The van der Waals surface area contributed by atoms with Crippen molar-refractivity contribution in [2.24, 2.45) is 0 Å². The Morgan fingerprint density at radius 2 is 1.97 bits per heavy atom. The van der Waals surface area contributed by atoms with Crippen molar-refractivity contribution in [2.75, 3.05) is 19.2 Å². The Hall–Kier alpha value is -2.45. The number of fused-ring (bicyclic) bond motifs is 2. The van der Waals surface area contributed by atoms with E-state index in [1.807, 2.05) is 38.1 Å². The van der Waals surface area contributed by atoms with Gasteiger partial charge in [0, 0.05) is 18.5 Å². The molecule has 0 aliphatic carbocycles. The molecule has 2 aliphatic rings. The number of para-hydroxylation sites is 1. The average Bonchev–Trinajstić information content (AvgIpc) is 3.25. The van der Waals surface area contributed by atoms with Gasteiger partial charge in [0.25, 0.3) is 0 Å². The lowest BCUT2D eigenvalue weighted by molar-refractivity contribution is 0.132. The van der Waals surface area contributed by atoms with Gasteiger partial charge in [-0.05, 0) is 44.0 Å². The zero-order chi connectivity index (χ0) is 20.5. The van der Waals surface area contributed by atoms with Crippen LogP contribution in [0.3, 0.4) is 0 Å². The Balaban J connectivity index is 1.25. The van der Waals surface area contributed by atoms with Gasteiger partial charge in [-0.1, -0.05) is 18.2 Å². The standard InChI is InChI=1S/C21H25NO6S/c1-21(2)12-16-5-3-6-18(20(16)28-21)25-9-4-10-29(23,24)22-13-15-7-8-17-19(11-15)27-14-26-17/h3,5-8,11,22H,4,9-10,12-14H2,1-2H3. The lowest BCUT2D eigenvalue weighted by Crippen LogP contribution is -2.26. The fourth-order valence-corrected chi connectivity index (χ4v) is 4.48. The molecule has 0 saturated heterocycles. The van der Waals surface area contributed by atoms with Crippen LogP contribution in [-0.4, -0.2) is 33.2 Å². The Kier molecular flexibility index (Phi) is 5.31. The van der Waals surface area contributed by atoms with Gasteiger partial charge in [-0.2, -0.15) is 0 Å². The van der Waals surface area contributed by atoms with E-state index in [4.69, 9.17) is 18.9 Å². The van der Waals surface area contributed by atoms with Gasteiger partial charge in [0.1, 0.15) is 5.60 Å². The summed E-state index contributed by atoms with van der Waals surface area (Å²) in [5.74, 6) is 2.73. The first kappa shape index (κ1) is 19.8. The monoisotopic (exact) mass is 419 g/mol. The second kappa shape index (κ2) is 7.76. The number of hydrogen-bond acceptors (Lipinski definition) is 6. The molecule has 0 atom stereocenters. The van der Waals surface area contributed by atoms with Crippen LogP contribution in [0.2, 0.25) is 0 Å². The third-order valence-corrected chi connectivity index (χ3v) is 6.21. The first-order chi connectivity index (χ1) is 13.8. The summed E-state index contributed by atoms with van der Waals surface area (Å²) in [6.07, 6.45) is 1.21. The third-order valence-electron chi connectivity index (χ3n) is 4.80. The van der Waals surface area contributed by atoms with E-state index in [1.165, 1.54) is 0 Å². The molecule has 0 spiro atoms. The molecule has 2 aromatic carbocycles. The predicted octanol–water partition coefficient (Wildman–Crippen LogP) is 3.02. The lowest BCUT2D eigenvalue weighted by atomic mass is 10.0. The Morgan fingerprint density at radius 3 is 2.83 bits per heavy atom. The van der Waals surface area contributed by atoms with E-state index in [1.54, 1.807) is 12.1 Å². The van der Waals surface area contributed by atoms with Crippen LogP contribution in [0.5, 0.6) is 23.0 Å². The van der Waals surface area contributed by atoms with Gasteiger partial charge in [0.15, 0.2) is 23.0 Å². The molecule has 156 valence electrons. The second-order valence-corrected chi connectivity index (χ2v) is 9.74. The molecule has 0 saturated carbocycles. The predicted molar refractivity (Wildman–Crippen MR) is 108 cm³/mol. The zero-order valence-corrected chi connectivity index (χ0v) is 17.4. The van der Waals surface area contributed by atoms with Crippen molar-refractivity contribution in [1.82, 2.24) is 4.72 Å². The van der Waals surface area contributed by atoms with Gasteiger partial charge >= 0.3 is 0 Å². The number of ether oxygens (including phenoxy) is 4. The summed E-state index contributed by atoms with van der Waals surface area (Å²) in [6.45, 7) is 4.77. The molecule has 0 bridgehead atoms. The molecule has 0 radical (unpaired) electrons. The van der Waals surface area contributed by atoms with Crippen molar-refractivity contribution in [2.45, 2.75) is 38.8 Å². The molecule has 29 heavy (non-hydrogen) atoms. The van der Waals surface area contributed by atoms with Gasteiger partial charge in [0.05, 0.1) is 12.4 Å². The molecule has 7 nitrogen and oxygen atoms in total. The normalized spacial score (nSPS) is 16.3.